The van der Waals surface area contributed by atoms with Gasteiger partial charge in [-0.05, 0) is 22.9 Å². The molecule has 9 heavy (non-hydrogen) atoms. The lowest BCUT2D eigenvalue weighted by Gasteiger charge is -1.93. The van der Waals surface area contributed by atoms with Gasteiger partial charge in [0.05, 0.1) is 6.20 Å². The van der Waals surface area contributed by atoms with Crippen LogP contribution in [-0.4, -0.2) is 15.1 Å². The van der Waals surface area contributed by atoms with Crippen molar-refractivity contribution < 1.29 is 5.11 Å². The molecule has 0 bridgehead atoms. The van der Waals surface area contributed by atoms with Gasteiger partial charge in [0.15, 0.2) is 0 Å². The molecule has 0 aliphatic heterocycles. The Bertz CT molecular complexity index is 226. The van der Waals surface area contributed by atoms with Crippen molar-refractivity contribution >= 4 is 15.9 Å². The zero-order valence-electron chi connectivity index (χ0n) is 4.80. The summed E-state index contributed by atoms with van der Waals surface area (Å²) in [7, 11) is 0. The SMILES string of the molecule is Cc1nc(Br)cnc1O. The van der Waals surface area contributed by atoms with Crippen LogP contribution in [0.15, 0.2) is 10.8 Å². The predicted octanol–water partition coefficient (Wildman–Crippen LogP) is 1.25. The first-order chi connectivity index (χ1) is 4.20. The molecule has 0 aromatic carbocycles. The number of aryl methyl sites for hydroxylation is 1. The number of halogens is 1. The topological polar surface area (TPSA) is 46.0 Å². The second-order valence-corrected chi connectivity index (χ2v) is 2.41. The van der Waals surface area contributed by atoms with E-state index in [1.165, 1.54) is 6.20 Å². The number of aromatic nitrogens is 2. The minimum absolute atomic E-state index is 0.0156. The molecule has 0 aliphatic rings. The molecule has 0 spiro atoms. The molecule has 1 heterocycles. The van der Waals surface area contributed by atoms with E-state index in [0.29, 0.717) is 10.3 Å². The number of hydrogen-bond acceptors (Lipinski definition) is 3. The minimum atomic E-state index is -0.0156. The Labute approximate surface area is 60.9 Å². The Hall–Kier alpha value is -0.640. The summed E-state index contributed by atoms with van der Waals surface area (Å²) in [5.74, 6) is -0.0156. The Kier molecular flexibility index (Phi) is 1.66. The minimum Gasteiger partial charge on any atom is -0.492 e. The third kappa shape index (κ3) is 1.38. The molecule has 4 heteroatoms. The van der Waals surface area contributed by atoms with Crippen molar-refractivity contribution in [3.63, 3.8) is 0 Å². The Morgan fingerprint density at radius 1 is 1.67 bits per heavy atom. The molecule has 1 N–H and O–H groups in total. The highest BCUT2D eigenvalue weighted by atomic mass is 79.9. The van der Waals surface area contributed by atoms with Crippen molar-refractivity contribution in [3.8, 4) is 5.88 Å². The largest absolute Gasteiger partial charge is 0.492 e. The molecule has 0 unspecified atom stereocenters. The van der Waals surface area contributed by atoms with Gasteiger partial charge in [0.25, 0.3) is 0 Å². The van der Waals surface area contributed by atoms with E-state index in [4.69, 9.17) is 5.11 Å². The Morgan fingerprint density at radius 2 is 2.33 bits per heavy atom. The van der Waals surface area contributed by atoms with Crippen molar-refractivity contribution in [2.45, 2.75) is 6.92 Å². The van der Waals surface area contributed by atoms with E-state index in [2.05, 4.69) is 25.9 Å². The average Bonchev–Trinajstić information content (AvgIpc) is 1.80. The maximum Gasteiger partial charge on any atom is 0.232 e. The molecule has 1 aromatic heterocycles. The Balaban J connectivity index is 3.17. The highest BCUT2D eigenvalue weighted by Crippen LogP contribution is 2.11. The van der Waals surface area contributed by atoms with Crippen LogP contribution in [0.2, 0.25) is 0 Å². The molecule has 1 rings (SSSR count). The predicted molar refractivity (Wildman–Crippen MR) is 36.1 cm³/mol. The second kappa shape index (κ2) is 2.31. The van der Waals surface area contributed by atoms with Crippen LogP contribution >= 0.6 is 15.9 Å². The quantitative estimate of drug-likeness (QED) is 0.667. The third-order valence-electron chi connectivity index (χ3n) is 0.891. The standard InChI is InChI=1S/C5H5BrN2O/c1-3-5(9)7-2-4(6)8-3/h2H,1H3,(H,7,9). The van der Waals surface area contributed by atoms with Crippen molar-refractivity contribution in [3.05, 3.63) is 16.5 Å². The maximum absolute atomic E-state index is 8.85. The summed E-state index contributed by atoms with van der Waals surface area (Å²) in [5.41, 5.74) is 0.532. The molecule has 0 saturated carbocycles. The molecule has 48 valence electrons. The summed E-state index contributed by atoms with van der Waals surface area (Å²) >= 11 is 3.11. The molecule has 1 aromatic rings. The summed E-state index contributed by atoms with van der Waals surface area (Å²) < 4.78 is 0.637. The lowest BCUT2D eigenvalue weighted by molar-refractivity contribution is 0.444. The molecule has 0 saturated heterocycles. The summed E-state index contributed by atoms with van der Waals surface area (Å²) in [6.45, 7) is 1.69. The molecular weight excluding hydrogens is 184 g/mol. The third-order valence-corrected chi connectivity index (χ3v) is 1.27. The van der Waals surface area contributed by atoms with Crippen molar-refractivity contribution in [1.29, 1.82) is 0 Å². The van der Waals surface area contributed by atoms with Crippen LogP contribution in [0.5, 0.6) is 5.88 Å². The van der Waals surface area contributed by atoms with E-state index in [9.17, 15) is 0 Å². The van der Waals surface area contributed by atoms with E-state index in [1.807, 2.05) is 0 Å². The van der Waals surface area contributed by atoms with Gasteiger partial charge < -0.3 is 5.11 Å². The molecule has 0 radical (unpaired) electrons. The van der Waals surface area contributed by atoms with Crippen LogP contribution in [0.1, 0.15) is 5.69 Å². The van der Waals surface area contributed by atoms with Crippen LogP contribution in [0.25, 0.3) is 0 Å². The van der Waals surface area contributed by atoms with E-state index < -0.39 is 0 Å². The molecule has 3 nitrogen and oxygen atoms in total. The fourth-order valence-corrected chi connectivity index (χ4v) is 0.815. The van der Waals surface area contributed by atoms with Gasteiger partial charge in [-0.2, -0.15) is 0 Å². The first-order valence-electron chi connectivity index (χ1n) is 2.38. The van der Waals surface area contributed by atoms with E-state index in [-0.39, 0.29) is 5.88 Å². The monoisotopic (exact) mass is 188 g/mol. The second-order valence-electron chi connectivity index (χ2n) is 1.60. The molecule has 0 aliphatic carbocycles. The van der Waals surface area contributed by atoms with Crippen molar-refractivity contribution in [2.24, 2.45) is 0 Å². The van der Waals surface area contributed by atoms with Crippen molar-refractivity contribution in [1.82, 2.24) is 9.97 Å². The van der Waals surface area contributed by atoms with Gasteiger partial charge in [-0.1, -0.05) is 0 Å². The normalized spacial score (nSPS) is 9.56. The van der Waals surface area contributed by atoms with Gasteiger partial charge in [-0.15, -0.1) is 0 Å². The zero-order valence-corrected chi connectivity index (χ0v) is 6.38. The fourth-order valence-electron chi connectivity index (χ4n) is 0.447. The number of hydrogen-bond donors (Lipinski definition) is 1. The summed E-state index contributed by atoms with van der Waals surface area (Å²) in [6.07, 6.45) is 1.45. The van der Waals surface area contributed by atoms with Crippen LogP contribution in [-0.2, 0) is 0 Å². The number of rotatable bonds is 0. The molecule has 0 atom stereocenters. The van der Waals surface area contributed by atoms with Crippen LogP contribution in [0.3, 0.4) is 0 Å². The number of aromatic hydroxyl groups is 1. The summed E-state index contributed by atoms with van der Waals surface area (Å²) in [6, 6.07) is 0. The van der Waals surface area contributed by atoms with Gasteiger partial charge in [0, 0.05) is 0 Å². The van der Waals surface area contributed by atoms with Gasteiger partial charge in [0.2, 0.25) is 5.88 Å². The van der Waals surface area contributed by atoms with Crippen LogP contribution in [0.4, 0.5) is 0 Å². The van der Waals surface area contributed by atoms with Crippen LogP contribution < -0.4 is 0 Å². The smallest absolute Gasteiger partial charge is 0.232 e. The van der Waals surface area contributed by atoms with E-state index in [1.54, 1.807) is 6.92 Å². The van der Waals surface area contributed by atoms with E-state index >= 15 is 0 Å². The number of nitrogens with zero attached hydrogens (tertiary/aromatic N) is 2. The van der Waals surface area contributed by atoms with Crippen LogP contribution in [0, 0.1) is 6.92 Å². The zero-order chi connectivity index (χ0) is 6.85. The highest BCUT2D eigenvalue weighted by molar-refractivity contribution is 9.10. The summed E-state index contributed by atoms with van der Waals surface area (Å²) in [4.78, 5) is 7.50. The van der Waals surface area contributed by atoms with Gasteiger partial charge >= 0.3 is 0 Å². The van der Waals surface area contributed by atoms with E-state index in [0.717, 1.165) is 0 Å². The molecular formula is C5H5BrN2O. The van der Waals surface area contributed by atoms with Crippen molar-refractivity contribution in [2.75, 3.05) is 0 Å². The first-order valence-corrected chi connectivity index (χ1v) is 3.17. The highest BCUT2D eigenvalue weighted by Gasteiger charge is 1.96. The lowest BCUT2D eigenvalue weighted by atomic mass is 10.5. The maximum atomic E-state index is 8.85. The summed E-state index contributed by atoms with van der Waals surface area (Å²) in [5, 5.41) is 8.85. The van der Waals surface area contributed by atoms with Gasteiger partial charge in [-0.25, -0.2) is 9.97 Å². The molecule has 0 fully saturated rings. The average molecular weight is 189 g/mol. The fraction of sp³-hybridized carbons (Fsp3) is 0.200. The van der Waals surface area contributed by atoms with Gasteiger partial charge in [-0.3, -0.25) is 0 Å². The lowest BCUT2D eigenvalue weighted by Crippen LogP contribution is -1.84. The molecule has 0 amide bonds. The first kappa shape index (κ1) is 6.48. The Morgan fingerprint density at radius 3 is 2.78 bits per heavy atom. The van der Waals surface area contributed by atoms with Gasteiger partial charge in [0.1, 0.15) is 10.3 Å².